The number of anilines is 3. The molecule has 10 heteroatoms. The third-order valence-electron chi connectivity index (χ3n) is 8.43. The number of nitrogens with one attached hydrogen (secondary N) is 1. The molecular formula is C32H36FN3O5Si. The quantitative estimate of drug-likeness (QED) is 0.194. The van der Waals surface area contributed by atoms with E-state index < -0.39 is 37.5 Å². The van der Waals surface area contributed by atoms with Gasteiger partial charge in [0.05, 0.1) is 19.1 Å². The zero-order valence-electron chi connectivity index (χ0n) is 24.0. The number of amides is 3. The monoisotopic (exact) mass is 589 g/mol. The van der Waals surface area contributed by atoms with Crippen molar-refractivity contribution < 1.29 is 28.3 Å². The number of nitrogens with zero attached hydrogens (tertiary/aromatic N) is 2. The van der Waals surface area contributed by atoms with Crippen LogP contribution in [0.25, 0.3) is 0 Å². The summed E-state index contributed by atoms with van der Waals surface area (Å²) in [7, 11) is -3.48. The van der Waals surface area contributed by atoms with Gasteiger partial charge in [0.1, 0.15) is 0 Å². The van der Waals surface area contributed by atoms with Gasteiger partial charge in [0, 0.05) is 47.2 Å². The molecule has 0 unspecified atom stereocenters. The van der Waals surface area contributed by atoms with Crippen LogP contribution in [0.3, 0.4) is 0 Å². The van der Waals surface area contributed by atoms with Crippen LogP contribution in [0.5, 0.6) is 0 Å². The largest absolute Gasteiger partial charge is 0.395 e. The topological polar surface area (TPSA) is 99.2 Å². The Morgan fingerprint density at radius 3 is 2.36 bits per heavy atom. The summed E-state index contributed by atoms with van der Waals surface area (Å²) in [4.78, 5) is 42.5. The van der Waals surface area contributed by atoms with Crippen molar-refractivity contribution >= 4 is 43.7 Å². The van der Waals surface area contributed by atoms with Crippen molar-refractivity contribution in [1.29, 1.82) is 0 Å². The molecule has 2 aliphatic heterocycles. The Hall–Kier alpha value is -3.86. The van der Waals surface area contributed by atoms with Gasteiger partial charge in [0.2, 0.25) is 20.7 Å². The minimum Gasteiger partial charge on any atom is -0.395 e. The number of hydrogen-bond donors (Lipinski definition) is 2. The molecule has 42 heavy (non-hydrogen) atoms. The maximum atomic E-state index is 16.1. The van der Waals surface area contributed by atoms with E-state index in [0.29, 0.717) is 35.6 Å². The Bertz CT molecular complexity index is 1450. The summed E-state index contributed by atoms with van der Waals surface area (Å²) in [6, 6.07) is 23.8. The van der Waals surface area contributed by atoms with Crippen LogP contribution < -0.4 is 10.2 Å². The lowest BCUT2D eigenvalue weighted by atomic mass is 9.82. The standard InChI is InChI=1S/C32H36FN3O5Si/c1-22-30(42(2,3)33)28(19-29(39)35(16-17-37)20-23-10-6-4-7-11-23)41-32(22)26-18-25(14-15-27(26)34-31(32)40)36(21-38)24-12-8-5-9-13-24/h4-15,18,21-22,28,30,37H,16-17,19-20H2,1-3H3,(H,34,40)/t22-,28+,30-,32+/m1/s1. The van der Waals surface area contributed by atoms with Crippen molar-refractivity contribution in [2.45, 2.75) is 50.2 Å². The highest BCUT2D eigenvalue weighted by Crippen LogP contribution is 2.59. The molecule has 2 N–H and O–H groups in total. The summed E-state index contributed by atoms with van der Waals surface area (Å²) >= 11 is 0. The van der Waals surface area contributed by atoms with Gasteiger partial charge in [0.15, 0.2) is 5.60 Å². The van der Waals surface area contributed by atoms with Crippen molar-refractivity contribution in [3.63, 3.8) is 0 Å². The van der Waals surface area contributed by atoms with E-state index in [2.05, 4.69) is 5.32 Å². The number of para-hydroxylation sites is 1. The highest BCUT2D eigenvalue weighted by atomic mass is 28.4. The van der Waals surface area contributed by atoms with Gasteiger partial charge in [-0.25, -0.2) is 0 Å². The van der Waals surface area contributed by atoms with Crippen LogP contribution in [0.2, 0.25) is 18.6 Å². The van der Waals surface area contributed by atoms with Crippen LogP contribution in [0.1, 0.15) is 24.5 Å². The van der Waals surface area contributed by atoms with Crippen molar-refractivity contribution in [1.82, 2.24) is 4.90 Å². The summed E-state index contributed by atoms with van der Waals surface area (Å²) in [6.45, 7) is 5.17. The highest BCUT2D eigenvalue weighted by Gasteiger charge is 2.65. The number of benzene rings is 3. The molecule has 5 rings (SSSR count). The van der Waals surface area contributed by atoms with E-state index >= 15 is 4.11 Å². The number of halogens is 1. The first-order valence-electron chi connectivity index (χ1n) is 14.1. The molecule has 1 saturated heterocycles. The SMILES string of the molecule is C[C@@H]1[C@@H]([Si](C)(C)F)[C@H](CC(=O)N(CCO)Cc2ccccc2)O[C@@]12C(=O)Nc1ccc(N(C=O)c3ccccc3)cc12. The Kier molecular flexibility index (Phi) is 8.32. The van der Waals surface area contributed by atoms with Crippen LogP contribution in [0.15, 0.2) is 78.9 Å². The molecule has 1 fully saturated rings. The molecule has 2 heterocycles. The van der Waals surface area contributed by atoms with E-state index in [9.17, 15) is 19.5 Å². The molecule has 3 amide bonds. The molecule has 2 aliphatic rings. The Labute approximate surface area is 246 Å². The third-order valence-corrected chi connectivity index (χ3v) is 10.9. The maximum absolute atomic E-state index is 16.1. The van der Waals surface area contributed by atoms with Gasteiger partial charge in [-0.05, 0) is 49.0 Å². The maximum Gasteiger partial charge on any atom is 0.261 e. The lowest BCUT2D eigenvalue weighted by molar-refractivity contribution is -0.148. The molecule has 3 aromatic carbocycles. The smallest absolute Gasteiger partial charge is 0.261 e. The molecule has 0 aliphatic carbocycles. The zero-order chi connectivity index (χ0) is 30.1. The molecule has 3 aromatic rings. The first kappa shape index (κ1) is 29.6. The first-order chi connectivity index (χ1) is 20.1. The summed E-state index contributed by atoms with van der Waals surface area (Å²) in [5.41, 5.74) is 0.962. The number of ether oxygens (including phenoxy) is 1. The van der Waals surface area contributed by atoms with E-state index in [-0.39, 0.29) is 25.5 Å². The molecule has 1 spiro atoms. The number of aliphatic hydroxyl groups excluding tert-OH is 1. The van der Waals surface area contributed by atoms with Crippen molar-refractivity contribution in [2.24, 2.45) is 5.92 Å². The molecular weight excluding hydrogens is 553 g/mol. The fraction of sp³-hybridized carbons (Fsp3) is 0.344. The van der Waals surface area contributed by atoms with E-state index in [1.165, 1.54) is 4.90 Å². The Balaban J connectivity index is 1.50. The van der Waals surface area contributed by atoms with Crippen LogP contribution in [-0.2, 0) is 31.3 Å². The Morgan fingerprint density at radius 2 is 1.74 bits per heavy atom. The molecule has 4 atom stereocenters. The summed E-state index contributed by atoms with van der Waals surface area (Å²) in [5, 5.41) is 12.6. The molecule has 0 bridgehead atoms. The van der Waals surface area contributed by atoms with Gasteiger partial charge in [-0.3, -0.25) is 19.3 Å². The number of fused-ring (bicyclic) bond motifs is 2. The summed E-state index contributed by atoms with van der Waals surface area (Å²) in [6.07, 6.45) is -0.277. The fourth-order valence-electron chi connectivity index (χ4n) is 6.58. The minimum atomic E-state index is -3.48. The van der Waals surface area contributed by atoms with Gasteiger partial charge < -0.3 is 24.2 Å². The van der Waals surface area contributed by atoms with Crippen LogP contribution in [0.4, 0.5) is 21.2 Å². The average molecular weight is 590 g/mol. The first-order valence-corrected chi connectivity index (χ1v) is 17.1. The van der Waals surface area contributed by atoms with Crippen LogP contribution in [0, 0.1) is 5.92 Å². The second-order valence-electron chi connectivity index (χ2n) is 11.5. The second-order valence-corrected chi connectivity index (χ2v) is 15.3. The van der Waals surface area contributed by atoms with Gasteiger partial charge in [-0.15, -0.1) is 0 Å². The minimum absolute atomic E-state index is 0.121. The molecule has 0 saturated carbocycles. The van der Waals surface area contributed by atoms with Gasteiger partial charge in [0.25, 0.3) is 5.91 Å². The predicted molar refractivity (Wildman–Crippen MR) is 161 cm³/mol. The number of carbonyl (C=O) groups excluding carboxylic acids is 3. The van der Waals surface area contributed by atoms with Gasteiger partial charge in [-0.2, -0.15) is 0 Å². The number of aliphatic hydroxyl groups is 1. The highest BCUT2D eigenvalue weighted by molar-refractivity contribution is 6.72. The Morgan fingerprint density at radius 1 is 1.07 bits per heavy atom. The van der Waals surface area contributed by atoms with Crippen molar-refractivity contribution in [2.75, 3.05) is 23.4 Å². The lowest BCUT2D eigenvalue weighted by Crippen LogP contribution is -2.42. The van der Waals surface area contributed by atoms with Gasteiger partial charge in [-0.1, -0.05) is 55.5 Å². The van der Waals surface area contributed by atoms with Crippen molar-refractivity contribution in [3.05, 3.63) is 90.0 Å². The van der Waals surface area contributed by atoms with E-state index in [1.54, 1.807) is 48.3 Å². The van der Waals surface area contributed by atoms with Crippen molar-refractivity contribution in [3.8, 4) is 0 Å². The van der Waals surface area contributed by atoms with E-state index in [0.717, 1.165) is 5.56 Å². The molecule has 220 valence electrons. The normalized spacial score (nSPS) is 23.0. The summed E-state index contributed by atoms with van der Waals surface area (Å²) in [5.74, 6) is -1.27. The number of rotatable bonds is 10. The van der Waals surface area contributed by atoms with Crippen LogP contribution in [-0.4, -0.2) is 55.9 Å². The number of carbonyl (C=O) groups is 3. The fourth-order valence-corrected chi connectivity index (χ4v) is 9.08. The van der Waals surface area contributed by atoms with Gasteiger partial charge >= 0.3 is 0 Å². The third kappa shape index (κ3) is 5.37. The molecule has 0 radical (unpaired) electrons. The van der Waals surface area contributed by atoms with E-state index in [4.69, 9.17) is 4.74 Å². The molecule has 0 aromatic heterocycles. The zero-order valence-corrected chi connectivity index (χ0v) is 25.0. The molecule has 8 nitrogen and oxygen atoms in total. The number of hydrogen-bond acceptors (Lipinski definition) is 5. The average Bonchev–Trinajstić information content (AvgIpc) is 3.42. The lowest BCUT2D eigenvalue weighted by Gasteiger charge is -2.31. The van der Waals surface area contributed by atoms with Crippen LogP contribution >= 0.6 is 0 Å². The second kappa shape index (κ2) is 11.8. The predicted octanol–water partition coefficient (Wildman–Crippen LogP) is 5.12. The summed E-state index contributed by atoms with van der Waals surface area (Å²) < 4.78 is 22.7. The van der Waals surface area contributed by atoms with E-state index in [1.807, 2.05) is 55.5 Å².